The Kier molecular flexibility index (Phi) is 7.57. The van der Waals surface area contributed by atoms with Crippen LogP contribution < -0.4 is 9.84 Å². The number of carboxylic acids is 1. The second-order valence-electron chi connectivity index (χ2n) is 6.97. The molecular formula is C20H21N2O8PS. The van der Waals surface area contributed by atoms with Crippen molar-refractivity contribution in [3.63, 3.8) is 0 Å². The third-order valence-corrected chi connectivity index (χ3v) is 6.14. The Labute approximate surface area is 187 Å². The highest BCUT2D eigenvalue weighted by atomic mass is 32.2. The third kappa shape index (κ3) is 6.83. The van der Waals surface area contributed by atoms with E-state index in [0.29, 0.717) is 18.7 Å². The summed E-state index contributed by atoms with van der Waals surface area (Å²) in [7, 11) is -4.68. The summed E-state index contributed by atoms with van der Waals surface area (Å²) in [6, 6.07) is 11.6. The number of nitrogens with one attached hydrogen (secondary N) is 1. The quantitative estimate of drug-likeness (QED) is 0.436. The van der Waals surface area contributed by atoms with Gasteiger partial charge in [0.05, 0.1) is 17.5 Å². The molecule has 0 bridgehead atoms. The van der Waals surface area contributed by atoms with Gasteiger partial charge in [-0.05, 0) is 42.0 Å². The van der Waals surface area contributed by atoms with Gasteiger partial charge in [0.1, 0.15) is 5.75 Å². The fourth-order valence-corrected chi connectivity index (χ4v) is 4.50. The molecule has 4 N–H and O–H groups in total. The number of hydrogen-bond acceptors (Lipinski definition) is 6. The smallest absolute Gasteiger partial charge is 0.478 e. The van der Waals surface area contributed by atoms with E-state index in [-0.39, 0.29) is 34.7 Å². The molecule has 1 aliphatic heterocycles. The molecule has 10 nitrogen and oxygen atoms in total. The van der Waals surface area contributed by atoms with Gasteiger partial charge in [-0.3, -0.25) is 19.4 Å². The minimum atomic E-state index is -4.68. The largest absolute Gasteiger partial charge is 0.524 e. The van der Waals surface area contributed by atoms with E-state index in [0.717, 1.165) is 5.56 Å². The highest BCUT2D eigenvalue weighted by Gasteiger charge is 2.25. The number of nitrogens with zero attached hydrogens (tertiary/aromatic N) is 1. The summed E-state index contributed by atoms with van der Waals surface area (Å²) < 4.78 is 15.3. The van der Waals surface area contributed by atoms with Gasteiger partial charge in [0.25, 0.3) is 5.91 Å². The van der Waals surface area contributed by atoms with E-state index in [1.165, 1.54) is 48.2 Å². The Morgan fingerprint density at radius 3 is 2.31 bits per heavy atom. The molecule has 0 spiro atoms. The first-order chi connectivity index (χ1) is 15.1. The van der Waals surface area contributed by atoms with Crippen LogP contribution in [0.4, 0.5) is 0 Å². The molecule has 32 heavy (non-hydrogen) atoms. The minimum absolute atomic E-state index is 0.0597. The van der Waals surface area contributed by atoms with Gasteiger partial charge < -0.3 is 19.8 Å². The second kappa shape index (κ2) is 10.2. The van der Waals surface area contributed by atoms with Crippen LogP contribution in [-0.4, -0.2) is 55.2 Å². The van der Waals surface area contributed by atoms with Crippen LogP contribution in [-0.2, 0) is 15.9 Å². The average molecular weight is 480 g/mol. The Hall–Kier alpha value is -2.85. The topological polar surface area (TPSA) is 153 Å². The van der Waals surface area contributed by atoms with Crippen molar-refractivity contribution < 1.29 is 38.4 Å². The third-order valence-electron chi connectivity index (χ3n) is 4.58. The maximum atomic E-state index is 12.6. The van der Waals surface area contributed by atoms with Crippen LogP contribution in [0.2, 0.25) is 0 Å². The first-order valence-corrected chi connectivity index (χ1v) is 12.1. The molecule has 2 amide bonds. The normalized spacial score (nSPS) is 16.9. The van der Waals surface area contributed by atoms with Crippen LogP contribution in [0, 0.1) is 0 Å². The number of carbonyl (C=O) groups excluding carboxylic acids is 2. The zero-order valence-electron chi connectivity index (χ0n) is 16.7. The van der Waals surface area contributed by atoms with Gasteiger partial charge in [-0.2, -0.15) is 0 Å². The molecular weight excluding hydrogens is 459 g/mol. The van der Waals surface area contributed by atoms with E-state index in [1.54, 1.807) is 17.0 Å². The van der Waals surface area contributed by atoms with Crippen LogP contribution in [0.1, 0.15) is 32.7 Å². The van der Waals surface area contributed by atoms with Gasteiger partial charge in [0, 0.05) is 24.3 Å². The molecule has 3 rings (SSSR count). The lowest BCUT2D eigenvalue weighted by atomic mass is 10.1. The van der Waals surface area contributed by atoms with Crippen molar-refractivity contribution in [2.45, 2.75) is 18.3 Å². The first kappa shape index (κ1) is 23.8. The number of benzene rings is 2. The van der Waals surface area contributed by atoms with Crippen molar-refractivity contribution in [2.24, 2.45) is 0 Å². The summed E-state index contributed by atoms with van der Waals surface area (Å²) in [4.78, 5) is 55.3. The Morgan fingerprint density at radius 1 is 1.09 bits per heavy atom. The summed E-state index contributed by atoms with van der Waals surface area (Å²) in [6.07, 6.45) is 0.318. The first-order valence-electron chi connectivity index (χ1n) is 9.48. The van der Waals surface area contributed by atoms with Crippen LogP contribution in [0.5, 0.6) is 5.75 Å². The number of hydrogen-bond donors (Lipinski definition) is 4. The molecule has 1 atom stereocenters. The minimum Gasteiger partial charge on any atom is -0.478 e. The highest BCUT2D eigenvalue weighted by Crippen LogP contribution is 2.37. The Bertz CT molecular complexity index is 1040. The maximum absolute atomic E-state index is 12.6. The predicted molar refractivity (Wildman–Crippen MR) is 116 cm³/mol. The van der Waals surface area contributed by atoms with Crippen molar-refractivity contribution in [2.75, 3.05) is 12.3 Å². The lowest BCUT2D eigenvalue weighted by Crippen LogP contribution is -2.42. The lowest BCUT2D eigenvalue weighted by Gasteiger charge is -2.25. The zero-order chi connectivity index (χ0) is 23.3. The van der Waals surface area contributed by atoms with Crippen LogP contribution in [0.15, 0.2) is 48.5 Å². The fourth-order valence-electron chi connectivity index (χ4n) is 3.05. The summed E-state index contributed by atoms with van der Waals surface area (Å²) >= 11 is 1.44. The van der Waals surface area contributed by atoms with Gasteiger partial charge >= 0.3 is 13.8 Å². The molecule has 1 unspecified atom stereocenters. The number of amides is 2. The molecule has 12 heteroatoms. The van der Waals surface area contributed by atoms with E-state index in [4.69, 9.17) is 14.9 Å². The molecule has 0 saturated carbocycles. The number of aromatic carboxylic acids is 1. The molecule has 2 aromatic carbocycles. The van der Waals surface area contributed by atoms with E-state index < -0.39 is 19.7 Å². The highest BCUT2D eigenvalue weighted by molar-refractivity contribution is 7.99. The van der Waals surface area contributed by atoms with E-state index in [1.807, 2.05) is 0 Å². The van der Waals surface area contributed by atoms with Gasteiger partial charge in [0.15, 0.2) is 0 Å². The van der Waals surface area contributed by atoms with Gasteiger partial charge in [-0.15, -0.1) is 11.8 Å². The summed E-state index contributed by atoms with van der Waals surface area (Å²) in [5.74, 6) is -1.01. The van der Waals surface area contributed by atoms with Gasteiger partial charge in [-0.1, -0.05) is 12.1 Å². The SMILES string of the molecule is O=C(O)c1ccc(CN2CC(NC(=O)c3ccc(OP(=O)(O)O)cc3)SCCC2=O)cc1. The molecule has 170 valence electrons. The van der Waals surface area contributed by atoms with Crippen LogP contribution in [0.3, 0.4) is 0 Å². The summed E-state index contributed by atoms with van der Waals surface area (Å²) in [5.41, 5.74) is 1.21. The maximum Gasteiger partial charge on any atom is 0.524 e. The number of phosphoric acid groups is 1. The summed E-state index contributed by atoms with van der Waals surface area (Å²) in [6.45, 7) is 0.565. The summed E-state index contributed by atoms with van der Waals surface area (Å²) in [5, 5.41) is 11.5. The van der Waals surface area contributed by atoms with Crippen molar-refractivity contribution in [1.29, 1.82) is 0 Å². The monoisotopic (exact) mass is 480 g/mol. The molecule has 0 radical (unpaired) electrons. The van der Waals surface area contributed by atoms with Crippen molar-refractivity contribution in [3.05, 3.63) is 65.2 Å². The van der Waals surface area contributed by atoms with E-state index >= 15 is 0 Å². The predicted octanol–water partition coefficient (Wildman–Crippen LogP) is 2.08. The second-order valence-corrected chi connectivity index (χ2v) is 9.44. The number of phosphoric ester groups is 1. The van der Waals surface area contributed by atoms with Crippen LogP contribution >= 0.6 is 19.6 Å². The molecule has 1 fully saturated rings. The molecule has 2 aromatic rings. The molecule has 1 saturated heterocycles. The number of rotatable bonds is 7. The average Bonchev–Trinajstić information content (AvgIpc) is 2.89. The standard InChI is InChI=1S/C20H21N2O8PS/c23-18-9-10-32-17(12-22(18)11-13-1-3-15(4-2-13)20(25)26)21-19(24)14-5-7-16(8-6-14)30-31(27,28)29/h1-8,17H,9-12H2,(H,21,24)(H,25,26)(H2,27,28,29). The Balaban J connectivity index is 1.63. The molecule has 1 aliphatic rings. The van der Waals surface area contributed by atoms with E-state index in [9.17, 15) is 18.9 Å². The Morgan fingerprint density at radius 2 is 1.72 bits per heavy atom. The molecule has 0 aromatic heterocycles. The van der Waals surface area contributed by atoms with Crippen molar-refractivity contribution in [3.8, 4) is 5.75 Å². The van der Waals surface area contributed by atoms with Crippen molar-refractivity contribution >= 4 is 37.4 Å². The van der Waals surface area contributed by atoms with Crippen molar-refractivity contribution in [1.82, 2.24) is 10.2 Å². The number of carboxylic acid groups (broad SMARTS) is 1. The number of thioether (sulfide) groups is 1. The van der Waals surface area contributed by atoms with Crippen LogP contribution in [0.25, 0.3) is 0 Å². The fraction of sp³-hybridized carbons (Fsp3) is 0.250. The zero-order valence-corrected chi connectivity index (χ0v) is 18.4. The van der Waals surface area contributed by atoms with E-state index in [2.05, 4.69) is 9.84 Å². The lowest BCUT2D eigenvalue weighted by molar-refractivity contribution is -0.131. The molecule has 1 heterocycles. The number of carbonyl (C=O) groups is 3. The van der Waals surface area contributed by atoms with Gasteiger partial charge in [-0.25, -0.2) is 9.36 Å². The van der Waals surface area contributed by atoms with Gasteiger partial charge in [0.2, 0.25) is 5.91 Å². The molecule has 0 aliphatic carbocycles.